The molecule has 4 atom stereocenters. The van der Waals surface area contributed by atoms with Crippen molar-refractivity contribution in [3.05, 3.63) is 0 Å². The highest BCUT2D eigenvalue weighted by atomic mass is 16.2. The first-order chi connectivity index (χ1) is 9.84. The molecule has 20 heavy (non-hydrogen) atoms. The van der Waals surface area contributed by atoms with Crippen LogP contribution < -0.4 is 16.0 Å². The monoisotopic (exact) mass is 279 g/mol. The van der Waals surface area contributed by atoms with Gasteiger partial charge in [-0.3, -0.25) is 4.79 Å². The van der Waals surface area contributed by atoms with Crippen LogP contribution in [0.4, 0.5) is 0 Å². The van der Waals surface area contributed by atoms with Gasteiger partial charge in [0.2, 0.25) is 5.91 Å². The lowest BCUT2D eigenvalue weighted by Gasteiger charge is -2.34. The molecule has 0 aromatic heterocycles. The standard InChI is InChI=1S/C16H29N3O/c20-16-15(8-2-4-11-18-16)19-14-9-5-6-12(14)13-7-1-3-10-17-13/h12-15,17,19H,1-11H2,(H,18,20). The Kier molecular flexibility index (Phi) is 4.94. The number of rotatable bonds is 3. The zero-order valence-electron chi connectivity index (χ0n) is 12.5. The first-order valence-corrected chi connectivity index (χ1v) is 8.62. The van der Waals surface area contributed by atoms with Gasteiger partial charge in [0.05, 0.1) is 6.04 Å². The summed E-state index contributed by atoms with van der Waals surface area (Å²) in [5.74, 6) is 0.955. The van der Waals surface area contributed by atoms with Crippen LogP contribution in [-0.2, 0) is 4.79 Å². The number of nitrogens with one attached hydrogen (secondary N) is 3. The minimum atomic E-state index is 0.0479. The van der Waals surface area contributed by atoms with E-state index in [1.165, 1.54) is 45.1 Å². The summed E-state index contributed by atoms with van der Waals surface area (Å²) >= 11 is 0. The second-order valence-corrected chi connectivity index (χ2v) is 6.76. The van der Waals surface area contributed by atoms with Gasteiger partial charge < -0.3 is 16.0 Å². The molecule has 2 saturated heterocycles. The number of hydrogen-bond donors (Lipinski definition) is 3. The lowest BCUT2D eigenvalue weighted by molar-refractivity contribution is -0.123. The van der Waals surface area contributed by atoms with E-state index >= 15 is 0 Å². The molecular formula is C16H29N3O. The zero-order valence-corrected chi connectivity index (χ0v) is 12.5. The second kappa shape index (κ2) is 6.90. The average Bonchev–Trinajstić information content (AvgIpc) is 2.85. The first kappa shape index (κ1) is 14.3. The first-order valence-electron chi connectivity index (χ1n) is 8.62. The van der Waals surface area contributed by atoms with Crippen molar-refractivity contribution < 1.29 is 4.79 Å². The molecule has 3 fully saturated rings. The molecule has 0 aromatic rings. The second-order valence-electron chi connectivity index (χ2n) is 6.76. The van der Waals surface area contributed by atoms with Crippen molar-refractivity contribution in [2.24, 2.45) is 5.92 Å². The van der Waals surface area contributed by atoms with Crippen molar-refractivity contribution in [2.75, 3.05) is 13.1 Å². The zero-order chi connectivity index (χ0) is 13.8. The third kappa shape index (κ3) is 3.34. The van der Waals surface area contributed by atoms with Gasteiger partial charge in [0.25, 0.3) is 0 Å². The Bertz CT molecular complexity index is 328. The maximum absolute atomic E-state index is 12.1. The quantitative estimate of drug-likeness (QED) is 0.735. The van der Waals surface area contributed by atoms with E-state index < -0.39 is 0 Å². The molecule has 0 aromatic carbocycles. The highest BCUT2D eigenvalue weighted by molar-refractivity contribution is 5.81. The van der Waals surface area contributed by atoms with Gasteiger partial charge in [0, 0.05) is 18.6 Å². The minimum Gasteiger partial charge on any atom is -0.355 e. The van der Waals surface area contributed by atoms with Crippen LogP contribution in [0, 0.1) is 5.92 Å². The highest BCUT2D eigenvalue weighted by Gasteiger charge is 2.36. The molecule has 3 aliphatic rings. The average molecular weight is 279 g/mol. The van der Waals surface area contributed by atoms with Gasteiger partial charge in [-0.1, -0.05) is 12.8 Å². The van der Waals surface area contributed by atoms with E-state index in [0.717, 1.165) is 31.7 Å². The van der Waals surface area contributed by atoms with Gasteiger partial charge in [-0.05, 0) is 57.4 Å². The predicted octanol–water partition coefficient (Wildman–Crippen LogP) is 1.56. The molecule has 1 amide bonds. The Labute approximate surface area is 122 Å². The van der Waals surface area contributed by atoms with Crippen LogP contribution in [0.2, 0.25) is 0 Å². The van der Waals surface area contributed by atoms with E-state index in [-0.39, 0.29) is 11.9 Å². The van der Waals surface area contributed by atoms with Gasteiger partial charge in [-0.15, -0.1) is 0 Å². The highest BCUT2D eigenvalue weighted by Crippen LogP contribution is 2.32. The molecule has 114 valence electrons. The molecule has 0 bridgehead atoms. The van der Waals surface area contributed by atoms with E-state index in [4.69, 9.17) is 0 Å². The van der Waals surface area contributed by atoms with Crippen LogP contribution in [0.3, 0.4) is 0 Å². The van der Waals surface area contributed by atoms with Crippen LogP contribution in [0.5, 0.6) is 0 Å². The molecule has 2 heterocycles. The fraction of sp³-hybridized carbons (Fsp3) is 0.938. The normalized spacial score (nSPS) is 39.3. The molecule has 4 nitrogen and oxygen atoms in total. The van der Waals surface area contributed by atoms with Gasteiger partial charge in [-0.25, -0.2) is 0 Å². The summed E-state index contributed by atoms with van der Waals surface area (Å²) in [5.41, 5.74) is 0. The lowest BCUT2D eigenvalue weighted by atomic mass is 9.88. The van der Waals surface area contributed by atoms with Crippen LogP contribution in [-0.4, -0.2) is 37.1 Å². The van der Waals surface area contributed by atoms with E-state index in [9.17, 15) is 4.79 Å². The smallest absolute Gasteiger partial charge is 0.237 e. The summed E-state index contributed by atoms with van der Waals surface area (Å²) < 4.78 is 0. The molecule has 3 N–H and O–H groups in total. The Balaban J connectivity index is 1.58. The maximum atomic E-state index is 12.1. The predicted molar refractivity (Wildman–Crippen MR) is 80.6 cm³/mol. The Hall–Kier alpha value is -0.610. The molecule has 0 radical (unpaired) electrons. The molecule has 4 unspecified atom stereocenters. The third-order valence-corrected chi connectivity index (χ3v) is 5.39. The van der Waals surface area contributed by atoms with Gasteiger partial charge in [0.15, 0.2) is 0 Å². The Morgan fingerprint density at radius 2 is 1.75 bits per heavy atom. The van der Waals surface area contributed by atoms with Gasteiger partial charge in [0.1, 0.15) is 0 Å². The van der Waals surface area contributed by atoms with Crippen LogP contribution in [0.15, 0.2) is 0 Å². The molecule has 3 rings (SSSR count). The summed E-state index contributed by atoms with van der Waals surface area (Å²) in [6.07, 6.45) is 11.2. The summed E-state index contributed by atoms with van der Waals surface area (Å²) in [7, 11) is 0. The Morgan fingerprint density at radius 3 is 2.60 bits per heavy atom. The fourth-order valence-electron chi connectivity index (χ4n) is 4.28. The van der Waals surface area contributed by atoms with Crippen molar-refractivity contribution in [3.63, 3.8) is 0 Å². The van der Waals surface area contributed by atoms with E-state index in [2.05, 4.69) is 16.0 Å². The molecule has 4 heteroatoms. The molecule has 1 aliphatic carbocycles. The third-order valence-electron chi connectivity index (χ3n) is 5.39. The Morgan fingerprint density at radius 1 is 0.900 bits per heavy atom. The van der Waals surface area contributed by atoms with Crippen LogP contribution in [0.25, 0.3) is 0 Å². The SMILES string of the molecule is O=C1NCCCCC1NC1CCCC1C1CCCCN1. The van der Waals surface area contributed by atoms with Crippen molar-refractivity contribution in [1.82, 2.24) is 16.0 Å². The molecule has 2 aliphatic heterocycles. The fourth-order valence-corrected chi connectivity index (χ4v) is 4.28. The van der Waals surface area contributed by atoms with Crippen LogP contribution >= 0.6 is 0 Å². The van der Waals surface area contributed by atoms with Gasteiger partial charge >= 0.3 is 0 Å². The summed E-state index contributed by atoms with van der Waals surface area (Å²) in [4.78, 5) is 12.1. The topological polar surface area (TPSA) is 53.2 Å². The van der Waals surface area contributed by atoms with Crippen molar-refractivity contribution >= 4 is 5.91 Å². The van der Waals surface area contributed by atoms with Gasteiger partial charge in [-0.2, -0.15) is 0 Å². The van der Waals surface area contributed by atoms with Crippen molar-refractivity contribution in [1.29, 1.82) is 0 Å². The maximum Gasteiger partial charge on any atom is 0.237 e. The number of carbonyl (C=O) groups is 1. The van der Waals surface area contributed by atoms with Crippen LogP contribution in [0.1, 0.15) is 57.8 Å². The van der Waals surface area contributed by atoms with E-state index in [1.54, 1.807) is 0 Å². The number of hydrogen-bond acceptors (Lipinski definition) is 3. The summed E-state index contributed by atoms with van der Waals surface area (Å²) in [5, 5.41) is 10.5. The minimum absolute atomic E-state index is 0.0479. The van der Waals surface area contributed by atoms with E-state index in [1.807, 2.05) is 0 Å². The molecule has 1 saturated carbocycles. The largest absolute Gasteiger partial charge is 0.355 e. The van der Waals surface area contributed by atoms with Crippen molar-refractivity contribution in [3.8, 4) is 0 Å². The summed E-state index contributed by atoms with van der Waals surface area (Å²) in [6, 6.07) is 1.27. The lowest BCUT2D eigenvalue weighted by Crippen LogP contribution is -2.52. The van der Waals surface area contributed by atoms with Crippen molar-refractivity contribution in [2.45, 2.75) is 75.9 Å². The number of amides is 1. The number of carbonyl (C=O) groups excluding carboxylic acids is 1. The molecule has 0 spiro atoms. The summed E-state index contributed by atoms with van der Waals surface area (Å²) in [6.45, 7) is 2.03. The number of piperidine rings is 1. The van der Waals surface area contributed by atoms with E-state index in [0.29, 0.717) is 12.1 Å². The molecular weight excluding hydrogens is 250 g/mol.